The Morgan fingerprint density at radius 1 is 1.21 bits per heavy atom. The number of nitrogens with zero attached hydrogens (tertiary/aromatic N) is 2. The molecule has 4 nitrogen and oxygen atoms in total. The molecule has 0 unspecified atom stereocenters. The molecule has 0 radical (unpaired) electrons. The summed E-state index contributed by atoms with van der Waals surface area (Å²) in [5, 5.41) is 8.66. The quantitative estimate of drug-likeness (QED) is 0.582. The molecule has 0 aliphatic heterocycles. The summed E-state index contributed by atoms with van der Waals surface area (Å²) in [4.78, 5) is 11.0. The first-order chi connectivity index (χ1) is 12.6. The number of hydrogen-bond donors (Lipinski definition) is 1. The number of imidazole rings is 1. The van der Waals surface area contributed by atoms with Crippen molar-refractivity contribution in [2.45, 2.75) is 33.1 Å². The third kappa shape index (κ3) is 4.03. The highest BCUT2D eigenvalue weighted by molar-refractivity contribution is 6.32. The van der Waals surface area contributed by atoms with Crippen molar-refractivity contribution >= 4 is 28.6 Å². The highest BCUT2D eigenvalue weighted by Gasteiger charge is 2.36. The van der Waals surface area contributed by atoms with Gasteiger partial charge in [0, 0.05) is 19.1 Å². The smallest absolute Gasteiger partial charge is 0.418 e. The summed E-state index contributed by atoms with van der Waals surface area (Å²) < 4.78 is 43.5. The van der Waals surface area contributed by atoms with E-state index in [2.05, 4.69) is 0 Å². The van der Waals surface area contributed by atoms with E-state index in [-0.39, 0.29) is 27.6 Å². The van der Waals surface area contributed by atoms with Crippen molar-refractivity contribution < 1.29 is 44.6 Å². The lowest BCUT2D eigenvalue weighted by molar-refractivity contribution is -0.669. The summed E-state index contributed by atoms with van der Waals surface area (Å²) in [5.41, 5.74) is 1.11. The molecule has 9 heteroatoms. The second-order valence-electron chi connectivity index (χ2n) is 6.20. The Balaban J connectivity index is 0.00000280. The van der Waals surface area contributed by atoms with Gasteiger partial charge in [-0.1, -0.05) is 23.7 Å². The average molecular weight is 478 g/mol. The molecule has 3 aromatic rings. The molecule has 0 aliphatic carbocycles. The van der Waals surface area contributed by atoms with Gasteiger partial charge < -0.3 is 22.1 Å². The SMILES string of the molecule is CCn1c(C)[n+](Cc2ccc(C(=O)O)cc2)c2cc(C(F)(F)F)c(Cl)cc21.[Br-]. The van der Waals surface area contributed by atoms with Crippen molar-refractivity contribution in [3.8, 4) is 0 Å². The van der Waals surface area contributed by atoms with Crippen molar-refractivity contribution in [1.29, 1.82) is 0 Å². The van der Waals surface area contributed by atoms with Crippen LogP contribution in [0.15, 0.2) is 36.4 Å². The molecular formula is C19H17BrClF3N2O2. The number of alkyl halides is 3. The average Bonchev–Trinajstić information content (AvgIpc) is 2.84. The molecule has 0 saturated heterocycles. The summed E-state index contributed by atoms with van der Waals surface area (Å²) >= 11 is 5.89. The Kier molecular flexibility index (Phi) is 6.45. The first-order valence-corrected chi connectivity index (χ1v) is 8.63. The van der Waals surface area contributed by atoms with E-state index >= 15 is 0 Å². The van der Waals surface area contributed by atoms with Crippen LogP contribution < -0.4 is 21.5 Å². The normalized spacial score (nSPS) is 11.5. The zero-order valence-electron chi connectivity index (χ0n) is 15.0. The Bertz CT molecular complexity index is 1030. The molecular weight excluding hydrogens is 461 g/mol. The molecule has 0 spiro atoms. The van der Waals surface area contributed by atoms with Crippen LogP contribution in [0.1, 0.15) is 34.2 Å². The van der Waals surface area contributed by atoms with Gasteiger partial charge in [-0.05, 0) is 24.6 Å². The topological polar surface area (TPSA) is 46.1 Å². The second-order valence-corrected chi connectivity index (χ2v) is 6.61. The van der Waals surface area contributed by atoms with Gasteiger partial charge in [-0.25, -0.2) is 13.9 Å². The number of rotatable bonds is 4. The van der Waals surface area contributed by atoms with Gasteiger partial charge in [0.1, 0.15) is 6.54 Å². The number of aryl methyl sites for hydroxylation is 1. The predicted octanol–water partition coefficient (Wildman–Crippen LogP) is 1.68. The lowest BCUT2D eigenvalue weighted by atomic mass is 10.1. The molecule has 0 saturated carbocycles. The van der Waals surface area contributed by atoms with Crippen LogP contribution in [-0.4, -0.2) is 15.6 Å². The fourth-order valence-corrected chi connectivity index (χ4v) is 3.49. The van der Waals surface area contributed by atoms with Crippen LogP contribution >= 0.6 is 11.6 Å². The maximum Gasteiger partial charge on any atom is 0.418 e. The maximum atomic E-state index is 13.3. The molecule has 0 bridgehead atoms. The summed E-state index contributed by atoms with van der Waals surface area (Å²) in [6, 6.07) is 8.69. The lowest BCUT2D eigenvalue weighted by Crippen LogP contribution is -3.00. The molecule has 1 aromatic heterocycles. The summed E-state index contributed by atoms with van der Waals surface area (Å²) in [5.74, 6) is -0.248. The molecule has 1 heterocycles. The largest absolute Gasteiger partial charge is 1.00 e. The van der Waals surface area contributed by atoms with Crippen molar-refractivity contribution in [2.24, 2.45) is 0 Å². The van der Waals surface area contributed by atoms with E-state index in [1.807, 2.05) is 18.4 Å². The van der Waals surface area contributed by atoms with E-state index < -0.39 is 17.7 Å². The van der Waals surface area contributed by atoms with Crippen molar-refractivity contribution in [3.05, 3.63) is 63.9 Å². The minimum atomic E-state index is -4.55. The molecule has 2 aromatic carbocycles. The third-order valence-corrected chi connectivity index (χ3v) is 4.90. The fraction of sp³-hybridized carbons (Fsp3) is 0.263. The van der Waals surface area contributed by atoms with Crippen LogP contribution in [0.5, 0.6) is 0 Å². The van der Waals surface area contributed by atoms with E-state index in [0.717, 1.165) is 17.5 Å². The minimum absolute atomic E-state index is 0. The highest BCUT2D eigenvalue weighted by atomic mass is 79.9. The number of aromatic nitrogens is 2. The molecule has 0 fully saturated rings. The third-order valence-electron chi connectivity index (χ3n) is 4.59. The van der Waals surface area contributed by atoms with Gasteiger partial charge >= 0.3 is 12.1 Å². The molecule has 28 heavy (non-hydrogen) atoms. The van der Waals surface area contributed by atoms with Gasteiger partial charge in [0.05, 0.1) is 22.7 Å². The molecule has 0 aliphatic rings. The Labute approximate surface area is 174 Å². The highest BCUT2D eigenvalue weighted by Crippen LogP contribution is 2.37. The van der Waals surface area contributed by atoms with E-state index in [1.165, 1.54) is 18.2 Å². The standard InChI is InChI=1S/C19H16ClF3N2O2.BrH/c1-3-24-11(2)25(10-12-4-6-13(7-5-12)18(26)27)16-8-14(19(21,22)23)15(20)9-17(16)24;/h4-9H,3,10H2,1-2H3;1H. The number of benzene rings is 2. The van der Waals surface area contributed by atoms with E-state index in [9.17, 15) is 18.0 Å². The number of fused-ring (bicyclic) bond motifs is 1. The van der Waals surface area contributed by atoms with Crippen LogP contribution in [0.2, 0.25) is 5.02 Å². The van der Waals surface area contributed by atoms with Gasteiger partial charge in [0.25, 0.3) is 5.82 Å². The Hall–Kier alpha value is -2.06. The van der Waals surface area contributed by atoms with Crippen LogP contribution in [0.25, 0.3) is 11.0 Å². The number of aromatic carboxylic acids is 1. The molecule has 3 rings (SSSR count). The predicted molar refractivity (Wildman–Crippen MR) is 95.1 cm³/mol. The number of carboxylic acids is 1. The molecule has 0 amide bonds. The lowest BCUT2D eigenvalue weighted by Gasteiger charge is -2.08. The molecule has 1 N–H and O–H groups in total. The number of halogens is 5. The van der Waals surface area contributed by atoms with Gasteiger partial charge in [-0.3, -0.25) is 0 Å². The number of hydrogen-bond acceptors (Lipinski definition) is 1. The van der Waals surface area contributed by atoms with E-state index in [4.69, 9.17) is 16.7 Å². The number of carboxylic acid groups (broad SMARTS) is 1. The van der Waals surface area contributed by atoms with Crippen molar-refractivity contribution in [1.82, 2.24) is 4.57 Å². The zero-order chi connectivity index (χ0) is 19.9. The second kappa shape index (κ2) is 8.13. The van der Waals surface area contributed by atoms with Gasteiger partial charge in [-0.15, -0.1) is 0 Å². The Morgan fingerprint density at radius 2 is 1.82 bits per heavy atom. The summed E-state index contributed by atoms with van der Waals surface area (Å²) in [7, 11) is 0. The first kappa shape index (κ1) is 22.2. The van der Waals surface area contributed by atoms with Gasteiger partial charge in [0.15, 0.2) is 11.0 Å². The van der Waals surface area contributed by atoms with E-state index in [0.29, 0.717) is 24.1 Å². The fourth-order valence-electron chi connectivity index (χ4n) is 3.23. The number of carbonyl (C=O) groups is 1. The van der Waals surface area contributed by atoms with Crippen LogP contribution in [-0.2, 0) is 19.3 Å². The zero-order valence-corrected chi connectivity index (χ0v) is 17.4. The summed E-state index contributed by atoms with van der Waals surface area (Å²) in [6.07, 6.45) is -4.55. The maximum absolute atomic E-state index is 13.3. The van der Waals surface area contributed by atoms with Crippen molar-refractivity contribution in [3.63, 3.8) is 0 Å². The molecule has 150 valence electrons. The van der Waals surface area contributed by atoms with Gasteiger partial charge in [-0.2, -0.15) is 13.2 Å². The van der Waals surface area contributed by atoms with Crippen molar-refractivity contribution in [2.75, 3.05) is 0 Å². The van der Waals surface area contributed by atoms with Crippen LogP contribution in [0.4, 0.5) is 13.2 Å². The summed E-state index contributed by atoms with van der Waals surface area (Å²) in [6.45, 7) is 4.63. The van der Waals surface area contributed by atoms with Crippen LogP contribution in [0, 0.1) is 6.92 Å². The van der Waals surface area contributed by atoms with E-state index in [1.54, 1.807) is 16.7 Å². The minimum Gasteiger partial charge on any atom is -1.00 e. The van der Waals surface area contributed by atoms with Gasteiger partial charge in [0.2, 0.25) is 0 Å². The van der Waals surface area contributed by atoms with Crippen LogP contribution in [0.3, 0.4) is 0 Å². The monoisotopic (exact) mass is 476 g/mol. The molecule has 0 atom stereocenters. The first-order valence-electron chi connectivity index (χ1n) is 8.25. The Morgan fingerprint density at radius 3 is 2.32 bits per heavy atom.